The van der Waals surface area contributed by atoms with Crippen molar-refractivity contribution >= 4 is 44.7 Å². The van der Waals surface area contributed by atoms with E-state index in [0.29, 0.717) is 10.9 Å². The van der Waals surface area contributed by atoms with Crippen LogP contribution in [0.5, 0.6) is 0 Å². The highest BCUT2D eigenvalue weighted by Gasteiger charge is 2.33. The zero-order valence-corrected chi connectivity index (χ0v) is 16.2. The molecule has 3 aromatic heterocycles. The number of nitrogens with one attached hydrogen (secondary N) is 1. The molecule has 2 amide bonds. The van der Waals surface area contributed by atoms with Gasteiger partial charge in [0.15, 0.2) is 0 Å². The van der Waals surface area contributed by atoms with Crippen LogP contribution in [0.3, 0.4) is 0 Å². The van der Waals surface area contributed by atoms with Gasteiger partial charge in [0.1, 0.15) is 21.6 Å². The number of aryl methyl sites for hydroxylation is 1. The molecule has 4 rings (SSSR count). The van der Waals surface area contributed by atoms with Crippen molar-refractivity contribution in [2.24, 2.45) is 12.8 Å². The van der Waals surface area contributed by atoms with Crippen molar-refractivity contribution in [1.29, 1.82) is 0 Å². The number of nitrogens with two attached hydrogens (primary N) is 1. The van der Waals surface area contributed by atoms with E-state index >= 15 is 0 Å². The highest BCUT2D eigenvalue weighted by atomic mass is 32.1. The van der Waals surface area contributed by atoms with Gasteiger partial charge in [0.25, 0.3) is 18.2 Å². The zero-order valence-electron chi connectivity index (χ0n) is 15.4. The summed E-state index contributed by atoms with van der Waals surface area (Å²) in [5, 5.41) is 17.8. The maximum absolute atomic E-state index is 13.3. The number of thiophene rings is 1. The minimum atomic E-state index is -2.80. The van der Waals surface area contributed by atoms with Gasteiger partial charge in [0.05, 0.1) is 10.6 Å². The van der Waals surface area contributed by atoms with Crippen LogP contribution < -0.4 is 11.1 Å². The van der Waals surface area contributed by atoms with Crippen molar-refractivity contribution in [3.05, 3.63) is 44.2 Å². The van der Waals surface area contributed by atoms with Gasteiger partial charge in [-0.2, -0.15) is 5.10 Å². The summed E-state index contributed by atoms with van der Waals surface area (Å²) in [5.74, 6) is -1.78. The highest BCUT2D eigenvalue weighted by molar-refractivity contribution is 7.21. The number of carbonyl (C=O) groups is 2. The fraction of sp³-hybridized carbons (Fsp3) is 0.294. The average molecular weight is 436 g/mol. The van der Waals surface area contributed by atoms with E-state index in [2.05, 4.69) is 15.4 Å². The zero-order chi connectivity index (χ0) is 21.7. The quantitative estimate of drug-likeness (QED) is 0.448. The summed E-state index contributed by atoms with van der Waals surface area (Å²) < 4.78 is 27.6. The van der Waals surface area contributed by atoms with Crippen molar-refractivity contribution in [2.75, 3.05) is 5.32 Å². The summed E-state index contributed by atoms with van der Waals surface area (Å²) in [4.78, 5) is 39.3. The number of primary amides is 1. The Morgan fingerprint density at radius 1 is 1.43 bits per heavy atom. The van der Waals surface area contributed by atoms with Gasteiger partial charge >= 0.3 is 5.69 Å². The molecule has 13 heteroatoms. The number of aromatic nitrogens is 3. The number of pyridine rings is 1. The molecule has 0 aliphatic heterocycles. The SMILES string of the molecule is Cn1ncc([N+](=O)[O-])c1C(=O)Nc1c(C(N)=O)sc2nc(C(F)F)cc(C3CC3)c12. The standard InChI is InChI=1S/C17H14F2N6O4S/c1-24-12(9(5-21-24)25(28)29)16(27)23-11-10-7(6-2-3-6)4-8(14(18)19)22-17(10)30-13(11)15(20)26/h4-6,14H,2-3H2,1H3,(H2,20,26)(H,23,27). The molecule has 3 N–H and O–H groups in total. The predicted molar refractivity (Wildman–Crippen MR) is 103 cm³/mol. The molecule has 0 radical (unpaired) electrons. The van der Waals surface area contributed by atoms with Crippen LogP contribution in [-0.4, -0.2) is 31.5 Å². The highest BCUT2D eigenvalue weighted by Crippen LogP contribution is 2.48. The fourth-order valence-electron chi connectivity index (χ4n) is 3.26. The van der Waals surface area contributed by atoms with E-state index in [9.17, 15) is 28.5 Å². The molecule has 0 unspecified atom stereocenters. The average Bonchev–Trinajstić information content (AvgIpc) is 3.35. The molecule has 1 aliphatic rings. The smallest absolute Gasteiger partial charge is 0.320 e. The molecule has 3 aromatic rings. The number of nitro groups is 1. The van der Waals surface area contributed by atoms with Gasteiger partial charge in [0, 0.05) is 12.4 Å². The van der Waals surface area contributed by atoms with E-state index in [-0.39, 0.29) is 27.0 Å². The number of nitrogens with zero attached hydrogens (tertiary/aromatic N) is 4. The van der Waals surface area contributed by atoms with Crippen LogP contribution in [0.4, 0.5) is 20.2 Å². The van der Waals surface area contributed by atoms with Gasteiger partial charge in [-0.05, 0) is 30.4 Å². The lowest BCUT2D eigenvalue weighted by Gasteiger charge is -2.10. The van der Waals surface area contributed by atoms with Crippen molar-refractivity contribution in [3.63, 3.8) is 0 Å². The maximum atomic E-state index is 13.3. The summed E-state index contributed by atoms with van der Waals surface area (Å²) in [7, 11) is 1.36. The molecule has 0 aromatic carbocycles. The first-order valence-corrected chi connectivity index (χ1v) is 9.53. The topological polar surface area (TPSA) is 146 Å². The van der Waals surface area contributed by atoms with Gasteiger partial charge in [-0.1, -0.05) is 0 Å². The predicted octanol–water partition coefficient (Wildman–Crippen LogP) is 3.10. The molecule has 1 fully saturated rings. The molecule has 30 heavy (non-hydrogen) atoms. The minimum absolute atomic E-state index is 0.00924. The third-order valence-electron chi connectivity index (χ3n) is 4.75. The number of carbonyl (C=O) groups excluding carboxylic acids is 2. The molecule has 0 bridgehead atoms. The van der Waals surface area contributed by atoms with Gasteiger partial charge in [-0.15, -0.1) is 11.3 Å². The van der Waals surface area contributed by atoms with Gasteiger partial charge in [-0.3, -0.25) is 24.4 Å². The van der Waals surface area contributed by atoms with Gasteiger partial charge in [0.2, 0.25) is 5.69 Å². The van der Waals surface area contributed by atoms with Crippen molar-refractivity contribution < 1.29 is 23.3 Å². The third-order valence-corrected chi connectivity index (χ3v) is 5.84. The second-order valence-corrected chi connectivity index (χ2v) is 7.77. The van der Waals surface area contributed by atoms with Crippen LogP contribution in [0.15, 0.2) is 12.3 Å². The first-order chi connectivity index (χ1) is 14.2. The maximum Gasteiger partial charge on any atom is 0.320 e. The van der Waals surface area contributed by atoms with Crippen LogP contribution in [0.1, 0.15) is 56.6 Å². The van der Waals surface area contributed by atoms with Gasteiger partial charge < -0.3 is 11.1 Å². The molecule has 0 spiro atoms. The van der Waals surface area contributed by atoms with E-state index in [1.807, 2.05) is 0 Å². The number of hydrogen-bond donors (Lipinski definition) is 2. The van der Waals surface area contributed by atoms with E-state index in [0.717, 1.165) is 35.1 Å². The molecule has 3 heterocycles. The lowest BCUT2D eigenvalue weighted by atomic mass is 10.0. The Labute approximate surface area is 170 Å². The first kappa shape index (κ1) is 19.8. The Balaban J connectivity index is 1.89. The fourth-order valence-corrected chi connectivity index (χ4v) is 4.29. The summed E-state index contributed by atoms with van der Waals surface area (Å²) in [6.45, 7) is 0. The monoisotopic (exact) mass is 436 g/mol. The third kappa shape index (κ3) is 3.26. The molecular formula is C17H14F2N6O4S. The largest absolute Gasteiger partial charge is 0.365 e. The van der Waals surface area contributed by atoms with E-state index in [1.54, 1.807) is 0 Å². The van der Waals surface area contributed by atoms with Crippen LogP contribution in [-0.2, 0) is 7.05 Å². The Morgan fingerprint density at radius 2 is 2.13 bits per heavy atom. The summed E-state index contributed by atoms with van der Waals surface area (Å²) in [6, 6.07) is 1.27. The summed E-state index contributed by atoms with van der Waals surface area (Å²) in [5.41, 5.74) is 4.71. The molecule has 1 aliphatic carbocycles. The normalized spacial score (nSPS) is 13.7. The molecular weight excluding hydrogens is 422 g/mol. The summed E-state index contributed by atoms with van der Waals surface area (Å²) in [6.07, 6.45) is -0.336. The van der Waals surface area contributed by atoms with Crippen molar-refractivity contribution in [3.8, 4) is 0 Å². The molecule has 10 nitrogen and oxygen atoms in total. The lowest BCUT2D eigenvalue weighted by molar-refractivity contribution is -0.385. The molecule has 1 saturated carbocycles. The van der Waals surface area contributed by atoms with Crippen LogP contribution in [0, 0.1) is 10.1 Å². The van der Waals surface area contributed by atoms with Crippen LogP contribution in [0.25, 0.3) is 10.2 Å². The van der Waals surface area contributed by atoms with Crippen LogP contribution in [0.2, 0.25) is 0 Å². The number of rotatable bonds is 6. The number of anilines is 1. The number of halogens is 2. The first-order valence-electron chi connectivity index (χ1n) is 8.72. The molecule has 156 valence electrons. The van der Waals surface area contributed by atoms with E-state index in [4.69, 9.17) is 5.73 Å². The number of amides is 2. The van der Waals surface area contributed by atoms with Crippen LogP contribution >= 0.6 is 11.3 Å². The summed E-state index contributed by atoms with van der Waals surface area (Å²) >= 11 is 0.787. The number of hydrogen-bond acceptors (Lipinski definition) is 7. The number of alkyl halides is 2. The van der Waals surface area contributed by atoms with Crippen molar-refractivity contribution in [2.45, 2.75) is 25.2 Å². The van der Waals surface area contributed by atoms with E-state index < -0.39 is 34.5 Å². The Kier molecular flexibility index (Phi) is 4.68. The minimum Gasteiger partial charge on any atom is -0.365 e. The second kappa shape index (κ2) is 7.09. The molecule has 0 saturated heterocycles. The second-order valence-electron chi connectivity index (χ2n) is 6.78. The Hall–Kier alpha value is -3.48. The lowest BCUT2D eigenvalue weighted by Crippen LogP contribution is -2.20. The molecule has 0 atom stereocenters. The number of fused-ring (bicyclic) bond motifs is 1. The Bertz CT molecular complexity index is 1220. The Morgan fingerprint density at radius 3 is 2.70 bits per heavy atom. The van der Waals surface area contributed by atoms with E-state index in [1.165, 1.54) is 13.1 Å². The van der Waals surface area contributed by atoms with Gasteiger partial charge in [-0.25, -0.2) is 13.8 Å². The van der Waals surface area contributed by atoms with Crippen molar-refractivity contribution in [1.82, 2.24) is 14.8 Å².